The van der Waals surface area contributed by atoms with Gasteiger partial charge in [-0.2, -0.15) is 0 Å². The van der Waals surface area contributed by atoms with Crippen LogP contribution in [0.5, 0.6) is 0 Å². The first-order valence-electron chi connectivity index (χ1n) is 5.87. The van der Waals surface area contributed by atoms with Crippen molar-refractivity contribution in [2.24, 2.45) is 0 Å². The Hall–Kier alpha value is -1.13. The Morgan fingerprint density at radius 3 is 2.88 bits per heavy atom. The van der Waals surface area contributed by atoms with E-state index in [-0.39, 0.29) is 0 Å². The lowest BCUT2D eigenvalue weighted by Gasteiger charge is -2.17. The molecule has 0 aliphatic carbocycles. The highest BCUT2D eigenvalue weighted by Gasteiger charge is 2.14. The number of nitrogens with zero attached hydrogens (tertiary/aromatic N) is 1. The Labute approximate surface area is 106 Å². The van der Waals surface area contributed by atoms with Crippen molar-refractivity contribution in [2.45, 2.75) is 26.3 Å². The van der Waals surface area contributed by atoms with E-state index in [1.165, 1.54) is 11.1 Å². The molecule has 0 spiro atoms. The van der Waals surface area contributed by atoms with Crippen molar-refractivity contribution in [2.75, 3.05) is 13.7 Å². The van der Waals surface area contributed by atoms with Gasteiger partial charge >= 0.3 is 0 Å². The van der Waals surface area contributed by atoms with Crippen molar-refractivity contribution in [1.82, 2.24) is 9.55 Å². The van der Waals surface area contributed by atoms with Crippen LogP contribution in [0, 0.1) is 11.7 Å². The Morgan fingerprint density at radius 1 is 1.47 bits per heavy atom. The molecule has 4 heteroatoms. The normalized spacial score (nSPS) is 13.1. The molecule has 3 nitrogen and oxygen atoms in total. The van der Waals surface area contributed by atoms with Crippen molar-refractivity contribution in [3.63, 3.8) is 0 Å². The summed E-state index contributed by atoms with van der Waals surface area (Å²) in [5.41, 5.74) is 3.54. The largest absolute Gasteiger partial charge is 0.383 e. The molecule has 0 fully saturated rings. The standard InChI is InChI=1S/C13H18N2OS/c1-4-10(8-16-3)15-12-9(2)6-5-7-11(12)14-13(15)17/h5-7,10H,4,8H2,1-3H3,(H,14,17). The Bertz CT molecular complexity index is 570. The molecule has 0 aliphatic heterocycles. The number of aromatic nitrogens is 2. The second kappa shape index (κ2) is 5.02. The molecular weight excluding hydrogens is 232 g/mol. The van der Waals surface area contributed by atoms with E-state index in [9.17, 15) is 0 Å². The SMILES string of the molecule is CCC(COC)n1c(=S)[nH]c2cccc(C)c21. The van der Waals surface area contributed by atoms with Crippen molar-refractivity contribution in [3.8, 4) is 0 Å². The first-order valence-corrected chi connectivity index (χ1v) is 6.28. The summed E-state index contributed by atoms with van der Waals surface area (Å²) in [7, 11) is 1.73. The average Bonchev–Trinajstić information content (AvgIpc) is 2.64. The van der Waals surface area contributed by atoms with Crippen LogP contribution >= 0.6 is 12.2 Å². The van der Waals surface area contributed by atoms with Crippen molar-refractivity contribution >= 4 is 23.3 Å². The number of ether oxygens (including phenoxy) is 1. The number of methoxy groups -OCH3 is 1. The fourth-order valence-electron chi connectivity index (χ4n) is 2.27. The molecule has 0 radical (unpaired) electrons. The molecule has 17 heavy (non-hydrogen) atoms. The lowest BCUT2D eigenvalue weighted by atomic mass is 10.1. The van der Waals surface area contributed by atoms with Crippen LogP contribution in [0.25, 0.3) is 11.0 Å². The van der Waals surface area contributed by atoms with Gasteiger partial charge in [-0.1, -0.05) is 19.1 Å². The van der Waals surface area contributed by atoms with E-state index >= 15 is 0 Å². The van der Waals surface area contributed by atoms with E-state index in [1.807, 2.05) is 6.07 Å². The number of imidazole rings is 1. The fraction of sp³-hybridized carbons (Fsp3) is 0.462. The minimum absolute atomic E-state index is 0.294. The van der Waals surface area contributed by atoms with Crippen LogP contribution < -0.4 is 0 Å². The molecule has 0 saturated carbocycles. The zero-order chi connectivity index (χ0) is 12.4. The number of benzene rings is 1. The summed E-state index contributed by atoms with van der Waals surface area (Å²) >= 11 is 5.42. The highest BCUT2D eigenvalue weighted by Crippen LogP contribution is 2.24. The zero-order valence-electron chi connectivity index (χ0n) is 10.5. The average molecular weight is 250 g/mol. The number of rotatable bonds is 4. The third kappa shape index (κ3) is 2.15. The minimum Gasteiger partial charge on any atom is -0.383 e. The summed E-state index contributed by atoms with van der Waals surface area (Å²) in [6.07, 6.45) is 1.00. The Morgan fingerprint density at radius 2 is 2.24 bits per heavy atom. The molecule has 0 amide bonds. The van der Waals surface area contributed by atoms with Gasteiger partial charge in [0.2, 0.25) is 0 Å². The van der Waals surface area contributed by atoms with Gasteiger partial charge in [0.1, 0.15) is 0 Å². The predicted molar refractivity (Wildman–Crippen MR) is 73.1 cm³/mol. The van der Waals surface area contributed by atoms with Crippen LogP contribution in [-0.2, 0) is 4.74 Å². The summed E-state index contributed by atoms with van der Waals surface area (Å²) in [5, 5.41) is 0. The van der Waals surface area contributed by atoms with Gasteiger partial charge in [0.05, 0.1) is 23.7 Å². The molecule has 1 heterocycles. The topological polar surface area (TPSA) is 29.9 Å². The first-order chi connectivity index (χ1) is 8.19. The quantitative estimate of drug-likeness (QED) is 0.840. The van der Waals surface area contributed by atoms with Crippen LogP contribution in [0.4, 0.5) is 0 Å². The third-order valence-electron chi connectivity index (χ3n) is 3.13. The summed E-state index contributed by atoms with van der Waals surface area (Å²) < 4.78 is 8.24. The third-order valence-corrected chi connectivity index (χ3v) is 3.43. The van der Waals surface area contributed by atoms with Crippen LogP contribution in [0.3, 0.4) is 0 Å². The lowest BCUT2D eigenvalue weighted by molar-refractivity contribution is 0.154. The molecule has 1 atom stereocenters. The van der Waals surface area contributed by atoms with Gasteiger partial charge in [-0.05, 0) is 37.2 Å². The molecule has 1 aromatic heterocycles. The van der Waals surface area contributed by atoms with Crippen LogP contribution in [0.15, 0.2) is 18.2 Å². The second-order valence-electron chi connectivity index (χ2n) is 4.29. The van der Waals surface area contributed by atoms with E-state index in [4.69, 9.17) is 17.0 Å². The van der Waals surface area contributed by atoms with Crippen LogP contribution in [-0.4, -0.2) is 23.3 Å². The summed E-state index contributed by atoms with van der Waals surface area (Å²) in [5.74, 6) is 0. The maximum atomic E-state index is 5.42. The highest BCUT2D eigenvalue weighted by molar-refractivity contribution is 7.71. The van der Waals surface area contributed by atoms with E-state index < -0.39 is 0 Å². The molecule has 1 aromatic carbocycles. The molecular formula is C13H18N2OS. The summed E-state index contributed by atoms with van der Waals surface area (Å²) in [6, 6.07) is 6.52. The van der Waals surface area contributed by atoms with Gasteiger partial charge in [-0.3, -0.25) is 0 Å². The van der Waals surface area contributed by atoms with Gasteiger partial charge in [0, 0.05) is 7.11 Å². The maximum absolute atomic E-state index is 5.42. The fourth-order valence-corrected chi connectivity index (χ4v) is 2.62. The first kappa shape index (κ1) is 12.3. The number of H-pyrrole nitrogens is 1. The molecule has 92 valence electrons. The number of nitrogens with one attached hydrogen (secondary N) is 1. The molecule has 0 aliphatic rings. The van der Waals surface area contributed by atoms with Crippen LogP contribution in [0.2, 0.25) is 0 Å². The summed E-state index contributed by atoms with van der Waals surface area (Å²) in [6.45, 7) is 4.95. The number of aromatic amines is 1. The van der Waals surface area contributed by atoms with Gasteiger partial charge in [-0.15, -0.1) is 0 Å². The van der Waals surface area contributed by atoms with Gasteiger partial charge in [0.15, 0.2) is 4.77 Å². The highest BCUT2D eigenvalue weighted by atomic mass is 32.1. The number of fused-ring (bicyclic) bond motifs is 1. The second-order valence-corrected chi connectivity index (χ2v) is 4.68. The smallest absolute Gasteiger partial charge is 0.178 e. The van der Waals surface area contributed by atoms with Gasteiger partial charge < -0.3 is 14.3 Å². The number of hydrogen-bond acceptors (Lipinski definition) is 2. The van der Waals surface area contributed by atoms with Crippen molar-refractivity contribution < 1.29 is 4.74 Å². The van der Waals surface area contributed by atoms with E-state index in [0.717, 1.165) is 16.7 Å². The van der Waals surface area contributed by atoms with E-state index in [1.54, 1.807) is 7.11 Å². The minimum atomic E-state index is 0.294. The number of aryl methyl sites for hydroxylation is 1. The molecule has 1 N–H and O–H groups in total. The zero-order valence-corrected chi connectivity index (χ0v) is 11.3. The molecule has 1 unspecified atom stereocenters. The Balaban J connectivity index is 2.67. The lowest BCUT2D eigenvalue weighted by Crippen LogP contribution is -2.14. The van der Waals surface area contributed by atoms with Gasteiger partial charge in [0.25, 0.3) is 0 Å². The van der Waals surface area contributed by atoms with Gasteiger partial charge in [-0.25, -0.2) is 0 Å². The monoisotopic (exact) mass is 250 g/mol. The summed E-state index contributed by atoms with van der Waals surface area (Å²) in [4.78, 5) is 3.26. The van der Waals surface area contributed by atoms with Crippen LogP contribution in [0.1, 0.15) is 24.9 Å². The van der Waals surface area contributed by atoms with E-state index in [2.05, 4.69) is 35.5 Å². The predicted octanol–water partition coefficient (Wildman–Crippen LogP) is 3.60. The molecule has 0 saturated heterocycles. The van der Waals surface area contributed by atoms with E-state index in [0.29, 0.717) is 12.6 Å². The van der Waals surface area contributed by atoms with Crippen molar-refractivity contribution in [3.05, 3.63) is 28.5 Å². The molecule has 2 rings (SSSR count). The Kier molecular flexibility index (Phi) is 3.64. The number of hydrogen-bond donors (Lipinski definition) is 1. The molecule has 2 aromatic rings. The molecule has 0 bridgehead atoms. The number of para-hydroxylation sites is 1. The maximum Gasteiger partial charge on any atom is 0.178 e. The van der Waals surface area contributed by atoms with Crippen molar-refractivity contribution in [1.29, 1.82) is 0 Å².